The minimum absolute atomic E-state index is 0.00794. The van der Waals surface area contributed by atoms with Crippen molar-refractivity contribution in [3.8, 4) is 11.8 Å². The van der Waals surface area contributed by atoms with Gasteiger partial charge in [0.2, 0.25) is 10.0 Å². The maximum absolute atomic E-state index is 13.2. The van der Waals surface area contributed by atoms with E-state index < -0.39 is 28.4 Å². The third-order valence-electron chi connectivity index (χ3n) is 2.53. The molecule has 6 nitrogen and oxygen atoms in total. The fraction of sp³-hybridized carbons (Fsp3) is 0.308. The molecule has 0 aliphatic heterocycles. The maximum Gasteiger partial charge on any atom is 0.321 e. The van der Waals surface area contributed by atoms with Gasteiger partial charge in [-0.2, -0.15) is 4.31 Å². The molecular formula is C13H15FN2O4S. The van der Waals surface area contributed by atoms with Crippen molar-refractivity contribution in [2.45, 2.75) is 4.90 Å². The fourth-order valence-electron chi connectivity index (χ4n) is 1.47. The van der Waals surface area contributed by atoms with Crippen LogP contribution in [0.25, 0.3) is 0 Å². The van der Waals surface area contributed by atoms with Gasteiger partial charge in [-0.3, -0.25) is 4.79 Å². The van der Waals surface area contributed by atoms with E-state index in [1.165, 1.54) is 7.05 Å². The lowest BCUT2D eigenvalue weighted by Crippen LogP contribution is -2.33. The summed E-state index contributed by atoms with van der Waals surface area (Å²) in [4.78, 5) is 11.0. The predicted octanol–water partition coefficient (Wildman–Crippen LogP) is -0.0706. The molecule has 0 unspecified atom stereocenters. The SMILES string of the molecule is COC(=O)CN(C)S(=O)(=O)c1ccc(F)cc1C#CCN. The Morgan fingerprint density at radius 1 is 1.48 bits per heavy atom. The van der Waals surface area contributed by atoms with E-state index in [1.54, 1.807) is 0 Å². The molecule has 0 radical (unpaired) electrons. The first-order chi connectivity index (χ1) is 9.82. The van der Waals surface area contributed by atoms with Gasteiger partial charge in [0.1, 0.15) is 12.4 Å². The van der Waals surface area contributed by atoms with Gasteiger partial charge in [-0.1, -0.05) is 11.8 Å². The normalized spacial score (nSPS) is 10.9. The van der Waals surface area contributed by atoms with Crippen LogP contribution in [0.15, 0.2) is 23.1 Å². The summed E-state index contributed by atoms with van der Waals surface area (Å²) in [5.41, 5.74) is 5.21. The molecule has 0 atom stereocenters. The predicted molar refractivity (Wildman–Crippen MR) is 74.2 cm³/mol. The number of halogens is 1. The second kappa shape index (κ2) is 7.17. The highest BCUT2D eigenvalue weighted by molar-refractivity contribution is 7.89. The van der Waals surface area contributed by atoms with Gasteiger partial charge in [0.05, 0.1) is 18.6 Å². The minimum Gasteiger partial charge on any atom is -0.468 e. The highest BCUT2D eigenvalue weighted by Crippen LogP contribution is 2.20. The van der Waals surface area contributed by atoms with Crippen LogP contribution in [0.5, 0.6) is 0 Å². The number of hydrogen-bond donors (Lipinski definition) is 1. The number of rotatable bonds is 4. The highest BCUT2D eigenvalue weighted by atomic mass is 32.2. The number of likely N-dealkylation sites (N-methyl/N-ethyl adjacent to an activating group) is 1. The number of carbonyl (C=O) groups is 1. The number of carbonyl (C=O) groups excluding carboxylic acids is 1. The van der Waals surface area contributed by atoms with Gasteiger partial charge in [0, 0.05) is 12.6 Å². The average Bonchev–Trinajstić information content (AvgIpc) is 2.44. The third kappa shape index (κ3) is 4.26. The van der Waals surface area contributed by atoms with E-state index in [1.807, 2.05) is 0 Å². The smallest absolute Gasteiger partial charge is 0.321 e. The summed E-state index contributed by atoms with van der Waals surface area (Å²) < 4.78 is 43.2. The molecule has 1 rings (SSSR count). The van der Waals surface area contributed by atoms with Crippen molar-refractivity contribution in [3.05, 3.63) is 29.6 Å². The first-order valence-electron chi connectivity index (χ1n) is 5.84. The van der Waals surface area contributed by atoms with Crippen LogP contribution < -0.4 is 5.73 Å². The van der Waals surface area contributed by atoms with Gasteiger partial charge in [-0.15, -0.1) is 0 Å². The van der Waals surface area contributed by atoms with Crippen LogP contribution in [0, 0.1) is 17.7 Å². The molecule has 1 aromatic carbocycles. The van der Waals surface area contributed by atoms with Gasteiger partial charge in [-0.25, -0.2) is 12.8 Å². The number of ether oxygens (including phenoxy) is 1. The molecule has 0 saturated carbocycles. The second-order valence-electron chi connectivity index (χ2n) is 3.98. The highest BCUT2D eigenvalue weighted by Gasteiger charge is 2.25. The molecule has 1 aromatic rings. The van der Waals surface area contributed by atoms with E-state index in [0.29, 0.717) is 0 Å². The Labute approximate surface area is 122 Å². The van der Waals surface area contributed by atoms with Crippen molar-refractivity contribution >= 4 is 16.0 Å². The van der Waals surface area contributed by atoms with Crippen LogP contribution in [0.4, 0.5) is 4.39 Å². The lowest BCUT2D eigenvalue weighted by atomic mass is 10.2. The Hall–Kier alpha value is -1.95. The Balaban J connectivity index is 3.28. The van der Waals surface area contributed by atoms with Gasteiger partial charge in [0.25, 0.3) is 0 Å². The summed E-state index contributed by atoms with van der Waals surface area (Å²) in [5, 5.41) is 0. The number of methoxy groups -OCH3 is 1. The Morgan fingerprint density at radius 2 is 2.14 bits per heavy atom. The first-order valence-corrected chi connectivity index (χ1v) is 7.28. The van der Waals surface area contributed by atoms with Crippen molar-refractivity contribution in [3.63, 3.8) is 0 Å². The van der Waals surface area contributed by atoms with Crippen LogP contribution in [0.1, 0.15) is 5.56 Å². The summed E-state index contributed by atoms with van der Waals surface area (Å²) in [6.07, 6.45) is 0. The molecule has 114 valence electrons. The van der Waals surface area contributed by atoms with Crippen LogP contribution in [-0.2, 0) is 19.6 Å². The minimum atomic E-state index is -4.00. The van der Waals surface area contributed by atoms with Crippen LogP contribution in [0.2, 0.25) is 0 Å². The van der Waals surface area contributed by atoms with E-state index in [0.717, 1.165) is 29.6 Å². The summed E-state index contributed by atoms with van der Waals surface area (Å²) in [7, 11) is -1.63. The molecule has 0 fully saturated rings. The van der Waals surface area contributed by atoms with E-state index in [-0.39, 0.29) is 17.0 Å². The van der Waals surface area contributed by atoms with Gasteiger partial charge < -0.3 is 10.5 Å². The lowest BCUT2D eigenvalue weighted by molar-refractivity contribution is -0.140. The Morgan fingerprint density at radius 3 is 2.71 bits per heavy atom. The first kappa shape index (κ1) is 17.1. The lowest BCUT2D eigenvalue weighted by Gasteiger charge is -2.16. The van der Waals surface area contributed by atoms with Crippen LogP contribution in [-0.4, -0.2) is 45.9 Å². The summed E-state index contributed by atoms with van der Waals surface area (Å²) in [6.45, 7) is -0.450. The van der Waals surface area contributed by atoms with Crippen molar-refractivity contribution in [1.29, 1.82) is 0 Å². The van der Waals surface area contributed by atoms with E-state index >= 15 is 0 Å². The number of nitrogens with two attached hydrogens (primary N) is 1. The van der Waals surface area contributed by atoms with Crippen LogP contribution in [0.3, 0.4) is 0 Å². The molecule has 21 heavy (non-hydrogen) atoms. The number of benzene rings is 1. The quantitative estimate of drug-likeness (QED) is 0.621. The third-order valence-corrected chi connectivity index (χ3v) is 4.40. The molecule has 0 amide bonds. The van der Waals surface area contributed by atoms with Crippen molar-refractivity contribution in [2.24, 2.45) is 5.73 Å². The van der Waals surface area contributed by atoms with Crippen LogP contribution >= 0.6 is 0 Å². The molecule has 0 bridgehead atoms. The number of sulfonamides is 1. The zero-order chi connectivity index (χ0) is 16.0. The molecule has 8 heteroatoms. The summed E-state index contributed by atoms with van der Waals surface area (Å²) in [5.74, 6) is 3.65. The van der Waals surface area contributed by atoms with Crippen molar-refractivity contribution in [2.75, 3.05) is 27.2 Å². The van der Waals surface area contributed by atoms with E-state index in [4.69, 9.17) is 5.73 Å². The Kier molecular flexibility index (Phi) is 5.84. The number of hydrogen-bond acceptors (Lipinski definition) is 5. The molecular weight excluding hydrogens is 299 g/mol. The number of esters is 1. The molecule has 0 heterocycles. The van der Waals surface area contributed by atoms with Gasteiger partial charge >= 0.3 is 5.97 Å². The molecule has 0 aromatic heterocycles. The second-order valence-corrected chi connectivity index (χ2v) is 6.00. The molecule has 0 aliphatic rings. The van der Waals surface area contributed by atoms with E-state index in [2.05, 4.69) is 16.6 Å². The standard InChI is InChI=1S/C13H15FN2O4S/c1-16(9-13(17)20-2)21(18,19)12-6-5-11(14)8-10(12)4-3-7-15/h5-6,8H,7,9,15H2,1-2H3. The molecule has 2 N–H and O–H groups in total. The zero-order valence-corrected chi connectivity index (χ0v) is 12.4. The summed E-state index contributed by atoms with van der Waals surface area (Å²) in [6, 6.07) is 3.10. The van der Waals surface area contributed by atoms with Crippen molar-refractivity contribution < 1.29 is 22.3 Å². The fourth-order valence-corrected chi connectivity index (χ4v) is 2.71. The number of nitrogens with zero attached hydrogens (tertiary/aromatic N) is 1. The Bertz CT molecular complexity index is 692. The average molecular weight is 314 g/mol. The summed E-state index contributed by atoms with van der Waals surface area (Å²) >= 11 is 0. The molecule has 0 spiro atoms. The van der Waals surface area contributed by atoms with Gasteiger partial charge in [-0.05, 0) is 18.2 Å². The molecule has 0 saturated heterocycles. The maximum atomic E-state index is 13.2. The molecule has 0 aliphatic carbocycles. The van der Waals surface area contributed by atoms with Crippen molar-refractivity contribution in [1.82, 2.24) is 4.31 Å². The topological polar surface area (TPSA) is 89.7 Å². The largest absolute Gasteiger partial charge is 0.468 e. The zero-order valence-electron chi connectivity index (χ0n) is 11.6. The van der Waals surface area contributed by atoms with E-state index in [9.17, 15) is 17.6 Å². The monoisotopic (exact) mass is 314 g/mol. The van der Waals surface area contributed by atoms with Gasteiger partial charge in [0.15, 0.2) is 0 Å².